The fourth-order valence-electron chi connectivity index (χ4n) is 2.94. The Balaban J connectivity index is 1.66. The van der Waals surface area contributed by atoms with E-state index >= 15 is 0 Å². The highest BCUT2D eigenvalue weighted by Crippen LogP contribution is 2.31. The second-order valence-corrected chi connectivity index (χ2v) is 6.32. The van der Waals surface area contributed by atoms with Crippen LogP contribution in [0.15, 0.2) is 53.0 Å². The lowest BCUT2D eigenvalue weighted by molar-refractivity contribution is 0.505. The molecule has 0 saturated carbocycles. The monoisotopic (exact) mass is 330 g/mol. The predicted octanol–water partition coefficient (Wildman–Crippen LogP) is 4.42. The maximum absolute atomic E-state index is 5.88. The van der Waals surface area contributed by atoms with Gasteiger partial charge in [0.05, 0.1) is 0 Å². The van der Waals surface area contributed by atoms with Crippen LogP contribution in [-0.4, -0.2) is 13.1 Å². The Morgan fingerprint density at radius 1 is 1.00 bits per heavy atom. The summed E-state index contributed by atoms with van der Waals surface area (Å²) in [5.41, 5.74) is 9.46. The first-order valence-corrected chi connectivity index (χ1v) is 7.87. The van der Waals surface area contributed by atoms with Crippen LogP contribution >= 0.6 is 15.9 Å². The second kappa shape index (κ2) is 5.88. The molecule has 0 bridgehead atoms. The van der Waals surface area contributed by atoms with Crippen molar-refractivity contribution in [1.29, 1.82) is 0 Å². The van der Waals surface area contributed by atoms with Gasteiger partial charge in [0.1, 0.15) is 0 Å². The first-order chi connectivity index (χ1) is 9.72. The zero-order valence-corrected chi connectivity index (χ0v) is 13.0. The third kappa shape index (κ3) is 2.98. The summed E-state index contributed by atoms with van der Waals surface area (Å²) in [6, 6.07) is 16.9. The fourth-order valence-corrected chi connectivity index (χ4v) is 3.20. The van der Waals surface area contributed by atoms with E-state index in [-0.39, 0.29) is 0 Å². The van der Waals surface area contributed by atoms with Crippen molar-refractivity contribution in [3.05, 3.63) is 58.6 Å². The van der Waals surface area contributed by atoms with Gasteiger partial charge >= 0.3 is 0 Å². The summed E-state index contributed by atoms with van der Waals surface area (Å²) in [6.07, 6.45) is 2.39. The van der Waals surface area contributed by atoms with Crippen molar-refractivity contribution in [2.45, 2.75) is 18.8 Å². The largest absolute Gasteiger partial charge is 0.399 e. The number of halogens is 1. The molecule has 0 aromatic heterocycles. The van der Waals surface area contributed by atoms with Crippen LogP contribution in [0, 0.1) is 0 Å². The molecule has 0 atom stereocenters. The van der Waals surface area contributed by atoms with Crippen molar-refractivity contribution in [3.63, 3.8) is 0 Å². The number of nitrogen functional groups attached to an aromatic ring is 1. The van der Waals surface area contributed by atoms with E-state index in [2.05, 4.69) is 63.3 Å². The minimum Gasteiger partial charge on any atom is -0.399 e. The molecule has 3 rings (SSSR count). The quantitative estimate of drug-likeness (QED) is 0.826. The molecule has 2 aromatic carbocycles. The molecule has 2 aromatic rings. The molecule has 2 N–H and O–H groups in total. The summed E-state index contributed by atoms with van der Waals surface area (Å²) in [4.78, 5) is 2.47. The van der Waals surface area contributed by atoms with Gasteiger partial charge < -0.3 is 10.6 Å². The maximum Gasteiger partial charge on any atom is 0.0366 e. The SMILES string of the molecule is Nc1cccc(C2CCN(c3ccc(Br)cc3)CC2)c1. The molecule has 1 heterocycles. The molecule has 0 aliphatic carbocycles. The van der Waals surface area contributed by atoms with E-state index in [0.717, 1.165) is 23.2 Å². The van der Waals surface area contributed by atoms with E-state index in [9.17, 15) is 0 Å². The number of piperidine rings is 1. The molecule has 20 heavy (non-hydrogen) atoms. The molecule has 1 saturated heterocycles. The van der Waals surface area contributed by atoms with E-state index < -0.39 is 0 Å². The molecule has 1 aliphatic rings. The van der Waals surface area contributed by atoms with Crippen molar-refractivity contribution in [1.82, 2.24) is 0 Å². The lowest BCUT2D eigenvalue weighted by Gasteiger charge is -2.34. The third-order valence-corrected chi connectivity index (χ3v) is 4.60. The van der Waals surface area contributed by atoms with Gasteiger partial charge in [-0.1, -0.05) is 28.1 Å². The van der Waals surface area contributed by atoms with Crippen molar-refractivity contribution in [2.75, 3.05) is 23.7 Å². The molecule has 0 amide bonds. The van der Waals surface area contributed by atoms with Crippen molar-refractivity contribution < 1.29 is 0 Å². The second-order valence-electron chi connectivity index (χ2n) is 5.41. The average Bonchev–Trinajstić information content (AvgIpc) is 2.48. The smallest absolute Gasteiger partial charge is 0.0366 e. The average molecular weight is 331 g/mol. The maximum atomic E-state index is 5.88. The van der Waals surface area contributed by atoms with Crippen LogP contribution < -0.4 is 10.6 Å². The van der Waals surface area contributed by atoms with Gasteiger partial charge in [0.25, 0.3) is 0 Å². The van der Waals surface area contributed by atoms with Gasteiger partial charge in [-0.05, 0) is 60.7 Å². The number of rotatable bonds is 2. The van der Waals surface area contributed by atoms with Gasteiger partial charge in [-0.25, -0.2) is 0 Å². The molecular formula is C17H19BrN2. The van der Waals surface area contributed by atoms with Crippen LogP contribution in [0.1, 0.15) is 24.3 Å². The Kier molecular flexibility index (Phi) is 3.97. The Morgan fingerprint density at radius 2 is 1.70 bits per heavy atom. The van der Waals surface area contributed by atoms with E-state index in [4.69, 9.17) is 5.73 Å². The molecule has 0 unspecified atom stereocenters. The Morgan fingerprint density at radius 3 is 2.35 bits per heavy atom. The summed E-state index contributed by atoms with van der Waals surface area (Å²) >= 11 is 3.49. The molecule has 2 nitrogen and oxygen atoms in total. The van der Waals surface area contributed by atoms with E-state index in [1.807, 2.05) is 6.07 Å². The first kappa shape index (κ1) is 13.5. The van der Waals surface area contributed by atoms with Gasteiger partial charge in [-0.15, -0.1) is 0 Å². The van der Waals surface area contributed by atoms with Gasteiger partial charge in [0.15, 0.2) is 0 Å². The molecule has 104 valence electrons. The topological polar surface area (TPSA) is 29.3 Å². The Hall–Kier alpha value is -1.48. The summed E-state index contributed by atoms with van der Waals surface area (Å²) in [6.45, 7) is 2.22. The summed E-state index contributed by atoms with van der Waals surface area (Å²) in [5.74, 6) is 0.644. The third-order valence-electron chi connectivity index (χ3n) is 4.07. The van der Waals surface area contributed by atoms with Crippen LogP contribution in [0.2, 0.25) is 0 Å². The number of anilines is 2. The van der Waals surface area contributed by atoms with Gasteiger partial charge in [-0.3, -0.25) is 0 Å². The van der Waals surface area contributed by atoms with Crippen LogP contribution in [0.5, 0.6) is 0 Å². The van der Waals surface area contributed by atoms with E-state index in [1.165, 1.54) is 24.1 Å². The van der Waals surface area contributed by atoms with Crippen LogP contribution in [-0.2, 0) is 0 Å². The zero-order valence-electron chi connectivity index (χ0n) is 11.4. The first-order valence-electron chi connectivity index (χ1n) is 7.08. The number of hydrogen-bond acceptors (Lipinski definition) is 2. The van der Waals surface area contributed by atoms with Gasteiger partial charge in [0.2, 0.25) is 0 Å². The molecule has 1 aliphatic heterocycles. The molecule has 1 fully saturated rings. The summed E-state index contributed by atoms with van der Waals surface area (Å²) < 4.78 is 1.14. The van der Waals surface area contributed by atoms with Crippen molar-refractivity contribution in [3.8, 4) is 0 Å². The van der Waals surface area contributed by atoms with E-state index in [0.29, 0.717) is 5.92 Å². The van der Waals surface area contributed by atoms with Gasteiger partial charge in [0, 0.05) is 28.9 Å². The fraction of sp³-hybridized carbons (Fsp3) is 0.294. The summed E-state index contributed by atoms with van der Waals surface area (Å²) in [5, 5.41) is 0. The number of hydrogen-bond donors (Lipinski definition) is 1. The minimum absolute atomic E-state index is 0.644. The van der Waals surface area contributed by atoms with Crippen LogP contribution in [0.25, 0.3) is 0 Å². The molecule has 0 spiro atoms. The highest BCUT2D eigenvalue weighted by atomic mass is 79.9. The van der Waals surface area contributed by atoms with Crippen molar-refractivity contribution >= 4 is 27.3 Å². The number of nitrogens with two attached hydrogens (primary N) is 1. The molecule has 3 heteroatoms. The molecular weight excluding hydrogens is 312 g/mol. The van der Waals surface area contributed by atoms with Gasteiger partial charge in [-0.2, -0.15) is 0 Å². The van der Waals surface area contributed by atoms with Crippen LogP contribution in [0.4, 0.5) is 11.4 Å². The van der Waals surface area contributed by atoms with Crippen LogP contribution in [0.3, 0.4) is 0 Å². The van der Waals surface area contributed by atoms with Crippen molar-refractivity contribution in [2.24, 2.45) is 0 Å². The normalized spacial score (nSPS) is 16.4. The highest BCUT2D eigenvalue weighted by Gasteiger charge is 2.20. The number of nitrogens with zero attached hydrogens (tertiary/aromatic N) is 1. The standard InChI is InChI=1S/C17H19BrN2/c18-15-4-6-17(7-5-15)20-10-8-13(9-11-20)14-2-1-3-16(19)12-14/h1-7,12-13H,8-11,19H2. The molecule has 0 radical (unpaired) electrons. The predicted molar refractivity (Wildman–Crippen MR) is 89.2 cm³/mol. The minimum atomic E-state index is 0.644. The van der Waals surface area contributed by atoms with E-state index in [1.54, 1.807) is 0 Å². The lowest BCUT2D eigenvalue weighted by atomic mass is 9.89. The Bertz CT molecular complexity index is 572. The number of benzene rings is 2. The lowest BCUT2D eigenvalue weighted by Crippen LogP contribution is -2.32. The highest BCUT2D eigenvalue weighted by molar-refractivity contribution is 9.10. The Labute approximate surface area is 128 Å². The summed E-state index contributed by atoms with van der Waals surface area (Å²) in [7, 11) is 0. The zero-order chi connectivity index (χ0) is 13.9.